The van der Waals surface area contributed by atoms with Crippen LogP contribution < -0.4 is 0 Å². The van der Waals surface area contributed by atoms with Crippen molar-refractivity contribution in [2.75, 3.05) is 26.6 Å². The topological polar surface area (TPSA) is 72.8 Å². The number of methoxy groups -OCH3 is 2. The molecule has 0 aliphatic heterocycles. The summed E-state index contributed by atoms with van der Waals surface area (Å²) in [7, 11) is -0.658. The van der Waals surface area contributed by atoms with Crippen LogP contribution in [0, 0.1) is 5.92 Å². The minimum absolute atomic E-state index is 0.0219. The van der Waals surface area contributed by atoms with E-state index in [2.05, 4.69) is 0 Å². The van der Waals surface area contributed by atoms with Gasteiger partial charge in [-0.2, -0.15) is 8.42 Å². The van der Waals surface area contributed by atoms with E-state index in [1.165, 1.54) is 0 Å². The fourth-order valence-corrected chi connectivity index (χ4v) is 2.04. The lowest BCUT2D eigenvalue weighted by Crippen LogP contribution is -2.21. The van der Waals surface area contributed by atoms with E-state index >= 15 is 0 Å². The average Bonchev–Trinajstić information content (AvgIpc) is 2.13. The Hall–Kier alpha value is -0.170. The quantitative estimate of drug-likeness (QED) is 0.639. The van der Waals surface area contributed by atoms with E-state index < -0.39 is 10.1 Å². The molecule has 15 heavy (non-hydrogen) atoms. The van der Waals surface area contributed by atoms with Crippen molar-refractivity contribution in [2.45, 2.75) is 25.9 Å². The molecule has 2 unspecified atom stereocenters. The molecule has 0 aliphatic rings. The number of hydrogen-bond donors (Lipinski definition) is 1. The predicted molar refractivity (Wildman–Crippen MR) is 57.5 cm³/mol. The fourth-order valence-electron chi connectivity index (χ4n) is 1.33. The van der Waals surface area contributed by atoms with Crippen LogP contribution >= 0.6 is 0 Å². The van der Waals surface area contributed by atoms with Crippen LogP contribution in [0.15, 0.2) is 0 Å². The summed E-state index contributed by atoms with van der Waals surface area (Å²) in [5, 5.41) is 0. The molecule has 5 nitrogen and oxygen atoms in total. The second-order valence-electron chi connectivity index (χ2n) is 3.73. The van der Waals surface area contributed by atoms with Crippen molar-refractivity contribution in [3.8, 4) is 0 Å². The number of hydrogen-bond acceptors (Lipinski definition) is 4. The summed E-state index contributed by atoms with van der Waals surface area (Å²) in [5.41, 5.74) is 0. The highest BCUT2D eigenvalue weighted by molar-refractivity contribution is 7.85. The molecule has 92 valence electrons. The summed E-state index contributed by atoms with van der Waals surface area (Å²) in [5.74, 6) is -0.0237. The minimum atomic E-state index is -3.85. The van der Waals surface area contributed by atoms with Crippen LogP contribution in [0.25, 0.3) is 0 Å². The standard InChI is InChI=1S/C9H20O5S/c1-8(4-5-15(10,11)12)6-9(14-3)7-13-2/h8-9H,4-7H2,1-3H3,(H,10,11,12). The van der Waals surface area contributed by atoms with Crippen LogP contribution in [0.3, 0.4) is 0 Å². The maximum atomic E-state index is 10.5. The molecule has 2 atom stereocenters. The molecule has 0 rings (SSSR count). The molecule has 0 amide bonds. The Kier molecular flexibility index (Phi) is 7.08. The first-order valence-corrected chi connectivity index (χ1v) is 6.46. The molecule has 0 radical (unpaired) electrons. The molecule has 0 saturated heterocycles. The Bertz CT molecular complexity index is 249. The Balaban J connectivity index is 3.85. The van der Waals surface area contributed by atoms with Gasteiger partial charge in [-0.05, 0) is 18.8 Å². The highest BCUT2D eigenvalue weighted by Crippen LogP contribution is 2.13. The third-order valence-electron chi connectivity index (χ3n) is 2.22. The van der Waals surface area contributed by atoms with Gasteiger partial charge in [0.1, 0.15) is 0 Å². The highest BCUT2D eigenvalue weighted by Gasteiger charge is 2.14. The molecule has 0 aromatic heterocycles. The lowest BCUT2D eigenvalue weighted by atomic mass is 10.0. The summed E-state index contributed by atoms with van der Waals surface area (Å²) in [6.07, 6.45) is 1.13. The number of ether oxygens (including phenoxy) is 2. The summed E-state index contributed by atoms with van der Waals surface area (Å²) in [6, 6.07) is 0. The van der Waals surface area contributed by atoms with Crippen LogP contribution in [0.5, 0.6) is 0 Å². The lowest BCUT2D eigenvalue weighted by molar-refractivity contribution is 0.0149. The van der Waals surface area contributed by atoms with Crippen molar-refractivity contribution in [3.05, 3.63) is 0 Å². The normalized spacial score (nSPS) is 16.3. The molecular weight excluding hydrogens is 220 g/mol. The largest absolute Gasteiger partial charge is 0.382 e. The Morgan fingerprint density at radius 2 is 1.93 bits per heavy atom. The average molecular weight is 240 g/mol. The van der Waals surface area contributed by atoms with Gasteiger partial charge in [0.15, 0.2) is 0 Å². The van der Waals surface area contributed by atoms with Gasteiger partial charge in [0.05, 0.1) is 18.5 Å². The first kappa shape index (κ1) is 14.8. The van der Waals surface area contributed by atoms with Crippen molar-refractivity contribution in [3.63, 3.8) is 0 Å². The molecule has 0 saturated carbocycles. The van der Waals surface area contributed by atoms with E-state index in [9.17, 15) is 8.42 Å². The van der Waals surface area contributed by atoms with E-state index in [1.807, 2.05) is 6.92 Å². The molecule has 0 spiro atoms. The van der Waals surface area contributed by atoms with Gasteiger partial charge in [0.25, 0.3) is 10.1 Å². The molecule has 1 N–H and O–H groups in total. The number of rotatable bonds is 8. The molecule has 0 aromatic rings. The van der Waals surface area contributed by atoms with Crippen LogP contribution in [-0.2, 0) is 19.6 Å². The molecule has 6 heteroatoms. The van der Waals surface area contributed by atoms with E-state index in [0.717, 1.165) is 6.42 Å². The second-order valence-corrected chi connectivity index (χ2v) is 5.30. The molecule has 0 aromatic carbocycles. The second kappa shape index (κ2) is 7.16. The van der Waals surface area contributed by atoms with Gasteiger partial charge in [-0.3, -0.25) is 4.55 Å². The van der Waals surface area contributed by atoms with Crippen molar-refractivity contribution in [1.29, 1.82) is 0 Å². The zero-order valence-corrected chi connectivity index (χ0v) is 10.3. The SMILES string of the molecule is COCC(CC(C)CCS(=O)(=O)O)OC. The monoisotopic (exact) mass is 240 g/mol. The van der Waals surface area contributed by atoms with E-state index in [4.69, 9.17) is 14.0 Å². The zero-order chi connectivity index (χ0) is 11.9. The van der Waals surface area contributed by atoms with Crippen LogP contribution in [0.1, 0.15) is 19.8 Å². The van der Waals surface area contributed by atoms with Gasteiger partial charge in [-0.15, -0.1) is 0 Å². The Morgan fingerprint density at radius 1 is 1.33 bits per heavy atom. The third kappa shape index (κ3) is 8.80. The lowest BCUT2D eigenvalue weighted by Gasteiger charge is -2.18. The fraction of sp³-hybridized carbons (Fsp3) is 1.00. The smallest absolute Gasteiger partial charge is 0.264 e. The van der Waals surface area contributed by atoms with E-state index in [1.54, 1.807) is 14.2 Å². The molecule has 0 bridgehead atoms. The van der Waals surface area contributed by atoms with Crippen LogP contribution in [0.2, 0.25) is 0 Å². The summed E-state index contributed by atoms with van der Waals surface area (Å²) < 4.78 is 39.7. The third-order valence-corrected chi connectivity index (χ3v) is 2.97. The van der Waals surface area contributed by atoms with E-state index in [0.29, 0.717) is 13.0 Å². The maximum Gasteiger partial charge on any atom is 0.264 e. The Morgan fingerprint density at radius 3 is 2.33 bits per heavy atom. The molecule has 0 fully saturated rings. The predicted octanol–water partition coefficient (Wildman–Crippen LogP) is 0.952. The minimum Gasteiger partial charge on any atom is -0.382 e. The van der Waals surface area contributed by atoms with Crippen molar-refractivity contribution >= 4 is 10.1 Å². The van der Waals surface area contributed by atoms with Gasteiger partial charge in [-0.25, -0.2) is 0 Å². The maximum absolute atomic E-state index is 10.5. The van der Waals surface area contributed by atoms with Gasteiger partial charge < -0.3 is 9.47 Å². The van der Waals surface area contributed by atoms with E-state index in [-0.39, 0.29) is 17.8 Å². The van der Waals surface area contributed by atoms with Gasteiger partial charge >= 0.3 is 0 Å². The summed E-state index contributed by atoms with van der Waals surface area (Å²) in [4.78, 5) is 0. The van der Waals surface area contributed by atoms with Crippen molar-refractivity contribution in [2.24, 2.45) is 5.92 Å². The molecular formula is C9H20O5S. The highest BCUT2D eigenvalue weighted by atomic mass is 32.2. The first-order valence-electron chi connectivity index (χ1n) is 4.86. The van der Waals surface area contributed by atoms with Gasteiger partial charge in [-0.1, -0.05) is 6.92 Å². The Labute approximate surface area is 91.5 Å². The molecule has 0 heterocycles. The summed E-state index contributed by atoms with van der Waals surface area (Å²) in [6.45, 7) is 2.42. The van der Waals surface area contributed by atoms with Crippen molar-refractivity contribution in [1.82, 2.24) is 0 Å². The van der Waals surface area contributed by atoms with Crippen LogP contribution in [0.4, 0.5) is 0 Å². The first-order chi connectivity index (χ1) is 6.89. The summed E-state index contributed by atoms with van der Waals surface area (Å²) >= 11 is 0. The van der Waals surface area contributed by atoms with Gasteiger partial charge in [0.2, 0.25) is 0 Å². The van der Waals surface area contributed by atoms with Crippen LogP contribution in [-0.4, -0.2) is 45.7 Å². The molecule has 0 aliphatic carbocycles. The van der Waals surface area contributed by atoms with Crippen molar-refractivity contribution < 1.29 is 22.4 Å². The zero-order valence-electron chi connectivity index (χ0n) is 9.47. The van der Waals surface area contributed by atoms with Gasteiger partial charge in [0, 0.05) is 14.2 Å².